The summed E-state index contributed by atoms with van der Waals surface area (Å²) in [6.07, 6.45) is 6.97. The van der Waals surface area contributed by atoms with E-state index >= 15 is 0 Å². The normalized spacial score (nSPS) is 12.2. The van der Waals surface area contributed by atoms with E-state index in [1.807, 2.05) is 6.08 Å². The van der Waals surface area contributed by atoms with Crippen LogP contribution >= 0.6 is 0 Å². The van der Waals surface area contributed by atoms with Gasteiger partial charge in [0.05, 0.1) is 6.61 Å². The molecule has 0 aromatic heterocycles. The van der Waals surface area contributed by atoms with Crippen LogP contribution in [0.1, 0.15) is 52.0 Å². The SMILES string of the molecule is C=Cc1cccc(-c2ccc(OCCC(C)CCCC(C)C)cc2)c1. The molecule has 0 fully saturated rings. The lowest BCUT2D eigenvalue weighted by molar-refractivity contribution is 0.276. The highest BCUT2D eigenvalue weighted by Crippen LogP contribution is 2.24. The summed E-state index contributed by atoms with van der Waals surface area (Å²) < 4.78 is 5.92. The van der Waals surface area contributed by atoms with Gasteiger partial charge in [0.2, 0.25) is 0 Å². The molecule has 1 heteroatoms. The largest absolute Gasteiger partial charge is 0.494 e. The van der Waals surface area contributed by atoms with E-state index in [-0.39, 0.29) is 0 Å². The van der Waals surface area contributed by atoms with E-state index in [9.17, 15) is 0 Å². The summed E-state index contributed by atoms with van der Waals surface area (Å²) in [5.74, 6) is 2.51. The van der Waals surface area contributed by atoms with Gasteiger partial charge in [-0.05, 0) is 53.1 Å². The molecular formula is C24H32O. The molecule has 0 amide bonds. The van der Waals surface area contributed by atoms with Crippen molar-refractivity contribution in [2.45, 2.75) is 46.5 Å². The first kappa shape index (κ1) is 19.3. The first-order chi connectivity index (χ1) is 12.1. The van der Waals surface area contributed by atoms with Crippen LogP contribution in [-0.4, -0.2) is 6.61 Å². The standard InChI is InChI=1S/C24H32O/c1-5-21-10-7-11-23(18-21)22-12-14-24(15-13-22)25-17-16-20(4)9-6-8-19(2)3/h5,7,10-15,18-20H,1,6,8-9,16-17H2,2-4H3. The smallest absolute Gasteiger partial charge is 0.119 e. The molecule has 1 nitrogen and oxygen atoms in total. The van der Waals surface area contributed by atoms with Gasteiger partial charge >= 0.3 is 0 Å². The van der Waals surface area contributed by atoms with Crippen molar-refractivity contribution in [1.29, 1.82) is 0 Å². The van der Waals surface area contributed by atoms with Gasteiger partial charge in [-0.2, -0.15) is 0 Å². The molecule has 25 heavy (non-hydrogen) atoms. The number of ether oxygens (including phenoxy) is 1. The summed E-state index contributed by atoms with van der Waals surface area (Å²) >= 11 is 0. The van der Waals surface area contributed by atoms with Gasteiger partial charge in [0.15, 0.2) is 0 Å². The Morgan fingerprint density at radius 2 is 1.68 bits per heavy atom. The molecule has 1 unspecified atom stereocenters. The number of rotatable bonds is 10. The van der Waals surface area contributed by atoms with E-state index in [0.29, 0.717) is 0 Å². The molecule has 134 valence electrons. The van der Waals surface area contributed by atoms with Crippen LogP contribution in [0.3, 0.4) is 0 Å². The van der Waals surface area contributed by atoms with Crippen molar-refractivity contribution in [2.24, 2.45) is 11.8 Å². The summed E-state index contributed by atoms with van der Waals surface area (Å²) in [5, 5.41) is 0. The Morgan fingerprint density at radius 3 is 2.36 bits per heavy atom. The highest BCUT2D eigenvalue weighted by atomic mass is 16.5. The molecule has 2 aromatic carbocycles. The number of hydrogen-bond acceptors (Lipinski definition) is 1. The summed E-state index contributed by atoms with van der Waals surface area (Å²) in [5.41, 5.74) is 3.56. The second kappa shape index (κ2) is 10.1. The predicted molar refractivity (Wildman–Crippen MR) is 110 cm³/mol. The Bertz CT molecular complexity index is 639. The van der Waals surface area contributed by atoms with Gasteiger partial charge in [-0.1, -0.05) is 83.0 Å². The Morgan fingerprint density at radius 1 is 0.920 bits per heavy atom. The third kappa shape index (κ3) is 6.78. The fourth-order valence-corrected chi connectivity index (χ4v) is 2.99. The monoisotopic (exact) mass is 336 g/mol. The van der Waals surface area contributed by atoms with Crippen LogP contribution < -0.4 is 4.74 Å². The van der Waals surface area contributed by atoms with E-state index in [2.05, 4.69) is 75.9 Å². The number of benzene rings is 2. The lowest BCUT2D eigenvalue weighted by Gasteiger charge is -2.13. The fraction of sp³-hybridized carbons (Fsp3) is 0.417. The molecule has 1 atom stereocenters. The zero-order valence-electron chi connectivity index (χ0n) is 16.0. The molecule has 0 spiro atoms. The second-order valence-electron chi connectivity index (χ2n) is 7.42. The summed E-state index contributed by atoms with van der Waals surface area (Å²) in [7, 11) is 0. The Labute approximate surface area is 153 Å². The molecule has 0 aliphatic heterocycles. The quantitative estimate of drug-likeness (QED) is 0.445. The van der Waals surface area contributed by atoms with Crippen molar-refractivity contribution in [3.05, 3.63) is 60.7 Å². The van der Waals surface area contributed by atoms with Gasteiger partial charge < -0.3 is 4.74 Å². The third-order valence-corrected chi connectivity index (χ3v) is 4.67. The van der Waals surface area contributed by atoms with Crippen LogP contribution in [0, 0.1) is 11.8 Å². The molecule has 2 rings (SSSR count). The molecule has 0 radical (unpaired) electrons. The van der Waals surface area contributed by atoms with Gasteiger partial charge in [-0.15, -0.1) is 0 Å². The van der Waals surface area contributed by atoms with Crippen molar-refractivity contribution in [3.63, 3.8) is 0 Å². The molecule has 2 aromatic rings. The number of hydrogen-bond donors (Lipinski definition) is 0. The highest BCUT2D eigenvalue weighted by Gasteiger charge is 2.04. The Hall–Kier alpha value is -2.02. The van der Waals surface area contributed by atoms with Crippen LogP contribution in [0.25, 0.3) is 17.2 Å². The van der Waals surface area contributed by atoms with Crippen molar-refractivity contribution >= 4 is 6.08 Å². The van der Waals surface area contributed by atoms with Crippen molar-refractivity contribution < 1.29 is 4.74 Å². The summed E-state index contributed by atoms with van der Waals surface area (Å²) in [6.45, 7) is 11.6. The molecule has 0 N–H and O–H groups in total. The molecule has 0 aliphatic rings. The van der Waals surface area contributed by atoms with Crippen LogP contribution in [0.5, 0.6) is 5.75 Å². The maximum Gasteiger partial charge on any atom is 0.119 e. The zero-order valence-corrected chi connectivity index (χ0v) is 16.0. The Balaban J connectivity index is 1.79. The van der Waals surface area contributed by atoms with Crippen LogP contribution in [0.4, 0.5) is 0 Å². The van der Waals surface area contributed by atoms with Crippen molar-refractivity contribution in [3.8, 4) is 16.9 Å². The lowest BCUT2D eigenvalue weighted by atomic mass is 9.98. The van der Waals surface area contributed by atoms with Crippen LogP contribution in [0.15, 0.2) is 55.1 Å². The van der Waals surface area contributed by atoms with E-state index in [0.717, 1.165) is 36.2 Å². The van der Waals surface area contributed by atoms with E-state index in [4.69, 9.17) is 4.74 Å². The van der Waals surface area contributed by atoms with E-state index in [1.165, 1.54) is 30.4 Å². The van der Waals surface area contributed by atoms with Crippen molar-refractivity contribution in [2.75, 3.05) is 6.61 Å². The fourth-order valence-electron chi connectivity index (χ4n) is 2.99. The zero-order chi connectivity index (χ0) is 18.1. The maximum absolute atomic E-state index is 5.92. The van der Waals surface area contributed by atoms with Gasteiger partial charge in [0.1, 0.15) is 5.75 Å². The lowest BCUT2D eigenvalue weighted by Crippen LogP contribution is -2.04. The van der Waals surface area contributed by atoms with Gasteiger partial charge in [-0.3, -0.25) is 0 Å². The van der Waals surface area contributed by atoms with Gasteiger partial charge in [-0.25, -0.2) is 0 Å². The topological polar surface area (TPSA) is 9.23 Å². The van der Waals surface area contributed by atoms with Crippen LogP contribution in [0.2, 0.25) is 0 Å². The first-order valence-corrected chi connectivity index (χ1v) is 9.54. The highest BCUT2D eigenvalue weighted by molar-refractivity contribution is 5.67. The minimum Gasteiger partial charge on any atom is -0.494 e. The van der Waals surface area contributed by atoms with Crippen molar-refractivity contribution in [1.82, 2.24) is 0 Å². The van der Waals surface area contributed by atoms with Crippen LogP contribution in [-0.2, 0) is 0 Å². The second-order valence-corrected chi connectivity index (χ2v) is 7.42. The average molecular weight is 337 g/mol. The van der Waals surface area contributed by atoms with E-state index < -0.39 is 0 Å². The van der Waals surface area contributed by atoms with Gasteiger partial charge in [0, 0.05) is 0 Å². The Kier molecular flexibility index (Phi) is 7.78. The van der Waals surface area contributed by atoms with E-state index in [1.54, 1.807) is 0 Å². The summed E-state index contributed by atoms with van der Waals surface area (Å²) in [6, 6.07) is 16.8. The molecule has 0 heterocycles. The third-order valence-electron chi connectivity index (χ3n) is 4.67. The first-order valence-electron chi connectivity index (χ1n) is 9.54. The predicted octanol–water partition coefficient (Wildman–Crippen LogP) is 7.23. The molecule has 0 saturated carbocycles. The summed E-state index contributed by atoms with van der Waals surface area (Å²) in [4.78, 5) is 0. The molecular weight excluding hydrogens is 304 g/mol. The minimum absolute atomic E-state index is 0.736. The molecule has 0 bridgehead atoms. The minimum atomic E-state index is 0.736. The molecule has 0 saturated heterocycles. The molecule has 0 aliphatic carbocycles. The maximum atomic E-state index is 5.92. The van der Waals surface area contributed by atoms with Gasteiger partial charge in [0.25, 0.3) is 0 Å². The average Bonchev–Trinajstić information content (AvgIpc) is 2.62.